The van der Waals surface area contributed by atoms with Gasteiger partial charge in [-0.25, -0.2) is 4.79 Å². The second-order valence-electron chi connectivity index (χ2n) is 9.35. The molecule has 0 heterocycles. The van der Waals surface area contributed by atoms with Crippen LogP contribution in [-0.4, -0.2) is 76.6 Å². The van der Waals surface area contributed by atoms with Crippen LogP contribution in [0, 0.1) is 0 Å². The van der Waals surface area contributed by atoms with Gasteiger partial charge in [0.15, 0.2) is 0 Å². The normalized spacial score (nSPS) is 14.4. The number of carboxylic acids is 1. The van der Waals surface area contributed by atoms with Crippen molar-refractivity contribution in [2.45, 2.75) is 61.7 Å². The Balaban J connectivity index is 0.000000839. The summed E-state index contributed by atoms with van der Waals surface area (Å²) in [6.07, 6.45) is 2.57. The molecule has 11 heteroatoms. The van der Waals surface area contributed by atoms with Gasteiger partial charge in [0.1, 0.15) is 4.75 Å². The number of nitrogens with zero attached hydrogens (tertiary/aromatic N) is 2. The van der Waals surface area contributed by atoms with Crippen molar-refractivity contribution < 1.29 is 27.9 Å². The van der Waals surface area contributed by atoms with E-state index in [0.717, 1.165) is 36.2 Å². The molecule has 0 bridgehead atoms. The quantitative estimate of drug-likeness (QED) is 0.321. The van der Waals surface area contributed by atoms with Crippen LogP contribution in [0.1, 0.15) is 38.8 Å². The van der Waals surface area contributed by atoms with Crippen LogP contribution >= 0.6 is 23.5 Å². The number of urea groups is 1. The third kappa shape index (κ3) is 12.1. The summed E-state index contributed by atoms with van der Waals surface area (Å²) in [5, 5.41) is 12.4. The van der Waals surface area contributed by atoms with Gasteiger partial charge < -0.3 is 20.2 Å². The van der Waals surface area contributed by atoms with Gasteiger partial charge in [-0.2, -0.15) is 13.2 Å². The molecule has 6 nitrogen and oxygen atoms in total. The maximum absolute atomic E-state index is 13.1. The highest BCUT2D eigenvalue weighted by atomic mass is 32.2. The monoisotopic (exact) mass is 587 g/mol. The number of nitrogens with one attached hydrogen (secondary N) is 1. The lowest BCUT2D eigenvalue weighted by molar-refractivity contribution is -0.138. The molecule has 218 valence electrons. The van der Waals surface area contributed by atoms with Crippen molar-refractivity contribution in [1.82, 2.24) is 9.80 Å². The van der Waals surface area contributed by atoms with Gasteiger partial charge in [-0.05, 0) is 82.4 Å². The zero-order chi connectivity index (χ0) is 29.8. The van der Waals surface area contributed by atoms with Crippen LogP contribution in [0.5, 0.6) is 0 Å². The summed E-state index contributed by atoms with van der Waals surface area (Å²) in [7, 11) is 4.01. The van der Waals surface area contributed by atoms with Crippen molar-refractivity contribution in [3.05, 3.63) is 59.7 Å². The summed E-state index contributed by atoms with van der Waals surface area (Å²) in [4.78, 5) is 29.5. The zero-order valence-corrected chi connectivity index (χ0v) is 25.3. The van der Waals surface area contributed by atoms with E-state index in [9.17, 15) is 27.9 Å². The lowest BCUT2D eigenvalue weighted by Gasteiger charge is -2.30. The van der Waals surface area contributed by atoms with Crippen molar-refractivity contribution in [1.29, 1.82) is 0 Å². The van der Waals surface area contributed by atoms with Crippen LogP contribution in [-0.2, 0) is 17.6 Å². The third-order valence-corrected chi connectivity index (χ3v) is 7.36. The second kappa shape index (κ2) is 16.0. The molecule has 0 saturated heterocycles. The molecule has 0 aromatic heterocycles. The highest BCUT2D eigenvalue weighted by molar-refractivity contribution is 8.01. The Kier molecular flexibility index (Phi) is 14.2. The van der Waals surface area contributed by atoms with Crippen LogP contribution in [0.25, 0.3) is 0 Å². The predicted molar refractivity (Wildman–Crippen MR) is 157 cm³/mol. The first-order valence-electron chi connectivity index (χ1n) is 12.7. The van der Waals surface area contributed by atoms with Crippen LogP contribution < -0.4 is 5.32 Å². The summed E-state index contributed by atoms with van der Waals surface area (Å²) in [6.45, 7) is 8.85. The Morgan fingerprint density at radius 2 is 1.56 bits per heavy atom. The summed E-state index contributed by atoms with van der Waals surface area (Å²) < 4.78 is 31.4. The molecule has 0 spiro atoms. The molecular formula is C28H40F3N3O3S2. The van der Waals surface area contributed by atoms with Crippen molar-refractivity contribution >= 4 is 41.2 Å². The Labute approximate surface area is 238 Å². The Morgan fingerprint density at radius 3 is 2.08 bits per heavy atom. The number of carboxylic acid groups (broad SMARTS) is 1. The fraction of sp³-hybridized carbons (Fsp3) is 0.500. The van der Waals surface area contributed by atoms with Gasteiger partial charge in [0.05, 0.1) is 0 Å². The van der Waals surface area contributed by atoms with E-state index < -0.39 is 16.2 Å². The molecule has 3 rings (SSSR count). The minimum Gasteiger partial charge on any atom is -0.480 e. The van der Waals surface area contributed by atoms with E-state index in [0.29, 0.717) is 6.54 Å². The van der Waals surface area contributed by atoms with Crippen LogP contribution in [0.2, 0.25) is 0 Å². The smallest absolute Gasteiger partial charge is 0.441 e. The molecule has 1 aliphatic carbocycles. The molecule has 39 heavy (non-hydrogen) atoms. The molecule has 2 aromatic carbocycles. The van der Waals surface area contributed by atoms with E-state index >= 15 is 0 Å². The molecule has 2 amide bonds. The number of amides is 2. The zero-order valence-electron chi connectivity index (χ0n) is 23.6. The number of aliphatic carboxylic acids is 1. The number of benzene rings is 2. The number of hydrogen-bond acceptors (Lipinski definition) is 5. The van der Waals surface area contributed by atoms with E-state index in [4.69, 9.17) is 0 Å². The Hall–Kier alpha value is -2.37. The number of para-hydroxylation sites is 1. The summed E-state index contributed by atoms with van der Waals surface area (Å²) >= 11 is 1.23. The van der Waals surface area contributed by atoms with E-state index in [1.807, 2.05) is 69.2 Å². The molecule has 1 aliphatic rings. The van der Waals surface area contributed by atoms with Crippen molar-refractivity contribution in [2.24, 2.45) is 0 Å². The van der Waals surface area contributed by atoms with Gasteiger partial charge in [-0.3, -0.25) is 4.79 Å². The van der Waals surface area contributed by atoms with Crippen LogP contribution in [0.15, 0.2) is 53.4 Å². The highest BCUT2D eigenvalue weighted by Crippen LogP contribution is 2.36. The maximum atomic E-state index is 13.1. The number of fused-ring (bicyclic) bond motifs is 1. The maximum Gasteiger partial charge on any atom is 0.441 e. The predicted octanol–water partition coefficient (Wildman–Crippen LogP) is 7.10. The molecule has 2 N–H and O–H groups in total. The fourth-order valence-corrected chi connectivity index (χ4v) is 4.68. The first kappa shape index (κ1) is 34.7. The highest BCUT2D eigenvalue weighted by Gasteiger charge is 2.32. The van der Waals surface area contributed by atoms with E-state index in [1.54, 1.807) is 13.8 Å². The first-order chi connectivity index (χ1) is 18.2. The number of carbonyl (C=O) groups is 2. The number of carbonyl (C=O) groups excluding carboxylic acids is 1. The first-order valence-corrected chi connectivity index (χ1v) is 14.7. The van der Waals surface area contributed by atoms with E-state index in [2.05, 4.69) is 22.3 Å². The Bertz CT molecular complexity index is 1050. The molecule has 0 saturated carbocycles. The molecule has 2 aromatic rings. The van der Waals surface area contributed by atoms with E-state index in [1.165, 1.54) is 22.9 Å². The van der Waals surface area contributed by atoms with Gasteiger partial charge >= 0.3 is 17.5 Å². The van der Waals surface area contributed by atoms with Crippen LogP contribution in [0.4, 0.5) is 23.7 Å². The number of halogens is 3. The van der Waals surface area contributed by atoms with Gasteiger partial charge in [-0.15, -0.1) is 11.8 Å². The Morgan fingerprint density at radius 1 is 1.00 bits per heavy atom. The standard InChI is InChI=1S/C24H31N3O3S.C2H3F3S.C2H6/c1-24(2,22(28)29)31-21-11-10-17-14-20(15-18(17)16-21)27(13-12-26(3)4)23(30)25-19-8-6-5-7-9-19;1-6-2(3,4)5;1-2/h5-11,16,20H,12-15H2,1-4H3,(H,25,30)(H,28,29);1H3;1-2H3. The molecular weight excluding hydrogens is 547 g/mol. The average molecular weight is 588 g/mol. The van der Waals surface area contributed by atoms with Crippen LogP contribution in [0.3, 0.4) is 0 Å². The van der Waals surface area contributed by atoms with Gasteiger partial charge in [-0.1, -0.05) is 49.9 Å². The summed E-state index contributed by atoms with van der Waals surface area (Å²) in [6, 6.07) is 15.7. The average Bonchev–Trinajstić information content (AvgIpc) is 3.28. The molecule has 0 fully saturated rings. The molecule has 0 aliphatic heterocycles. The minimum absolute atomic E-state index is 0.0754. The largest absolute Gasteiger partial charge is 0.480 e. The molecule has 1 atom stereocenters. The number of anilines is 1. The van der Waals surface area contributed by atoms with Gasteiger partial charge in [0.2, 0.25) is 0 Å². The molecule has 1 unspecified atom stereocenters. The SMILES string of the molecule is CC.CN(C)CCN(C(=O)Nc1ccccc1)C1Cc2ccc(SC(C)(C)C(=O)O)cc2C1.CSC(F)(F)F. The topological polar surface area (TPSA) is 72.9 Å². The lowest BCUT2D eigenvalue weighted by Crippen LogP contribution is -2.46. The number of alkyl halides is 3. The van der Waals surface area contributed by atoms with Gasteiger partial charge in [0, 0.05) is 29.7 Å². The van der Waals surface area contributed by atoms with Crippen molar-refractivity contribution in [3.8, 4) is 0 Å². The number of likely N-dealkylation sites (N-methyl/N-ethyl adjacent to an activating group) is 1. The number of hydrogen-bond donors (Lipinski definition) is 2. The minimum atomic E-state index is -4.04. The third-order valence-electron chi connectivity index (χ3n) is 5.72. The fourth-order valence-electron chi connectivity index (χ4n) is 3.67. The van der Waals surface area contributed by atoms with Crippen molar-refractivity contribution in [2.75, 3.05) is 38.8 Å². The van der Waals surface area contributed by atoms with Gasteiger partial charge in [0.25, 0.3) is 0 Å². The lowest BCUT2D eigenvalue weighted by atomic mass is 10.1. The summed E-state index contributed by atoms with van der Waals surface area (Å²) in [5.41, 5.74) is -0.837. The summed E-state index contributed by atoms with van der Waals surface area (Å²) in [5.74, 6) is -0.830. The number of rotatable bonds is 8. The van der Waals surface area contributed by atoms with Crippen molar-refractivity contribution in [3.63, 3.8) is 0 Å². The van der Waals surface area contributed by atoms with E-state index in [-0.39, 0.29) is 23.8 Å². The molecule has 0 radical (unpaired) electrons. The number of thioether (sulfide) groups is 2. The second-order valence-corrected chi connectivity index (χ2v) is 11.9.